The lowest BCUT2D eigenvalue weighted by atomic mass is 9.75. The minimum absolute atomic E-state index is 0.0680. The van der Waals surface area contributed by atoms with Gasteiger partial charge >= 0.3 is 0 Å². The van der Waals surface area contributed by atoms with Gasteiger partial charge in [-0.15, -0.1) is 0 Å². The first-order valence-corrected chi connectivity index (χ1v) is 13.8. The Kier molecular flexibility index (Phi) is 8.91. The molecule has 5 nitrogen and oxygen atoms in total. The molecule has 33 heavy (non-hydrogen) atoms. The molecule has 1 aromatic heterocycles. The fourth-order valence-corrected chi connectivity index (χ4v) is 7.01. The van der Waals surface area contributed by atoms with Gasteiger partial charge < -0.3 is 20.5 Å². The van der Waals surface area contributed by atoms with Crippen molar-refractivity contribution in [2.24, 2.45) is 11.1 Å². The number of hydrogen-bond acceptors (Lipinski definition) is 6. The summed E-state index contributed by atoms with van der Waals surface area (Å²) in [4.78, 5) is 7.21. The molecule has 1 aliphatic heterocycles. The van der Waals surface area contributed by atoms with Gasteiger partial charge in [-0.05, 0) is 92.8 Å². The van der Waals surface area contributed by atoms with E-state index in [0.29, 0.717) is 13.2 Å². The summed E-state index contributed by atoms with van der Waals surface area (Å²) in [6, 6.07) is 6.07. The number of nitrogens with zero attached hydrogens (tertiary/aromatic N) is 2. The zero-order valence-electron chi connectivity index (χ0n) is 20.2. The smallest absolute Gasteiger partial charge is 0.119 e. The number of pyridine rings is 1. The van der Waals surface area contributed by atoms with Crippen LogP contribution in [-0.2, 0) is 13.0 Å². The molecule has 1 saturated heterocycles. The van der Waals surface area contributed by atoms with Crippen molar-refractivity contribution in [3.05, 3.63) is 35.5 Å². The van der Waals surface area contributed by atoms with Crippen molar-refractivity contribution >= 4 is 22.7 Å². The van der Waals surface area contributed by atoms with Crippen LogP contribution in [0.25, 0.3) is 10.9 Å². The highest BCUT2D eigenvalue weighted by atomic mass is 32.2. The molecule has 1 saturated carbocycles. The molecule has 0 atom stereocenters. The van der Waals surface area contributed by atoms with Gasteiger partial charge in [0.05, 0.1) is 12.6 Å². The standard InChI is InChI=1S/C27H41N3O2S/c1-32-22-8-9-26-25(17-22)24(21(18-28)19-29-26)7-4-10-27(20-31)11-13-30(14-12-27)15-16-33-23-5-2-3-6-23/h8-9,17,19,23,31H,2-7,10-16,18,20,28H2,1H3. The summed E-state index contributed by atoms with van der Waals surface area (Å²) >= 11 is 2.19. The zero-order chi connectivity index (χ0) is 23.1. The molecule has 0 unspecified atom stereocenters. The van der Waals surface area contributed by atoms with Crippen LogP contribution < -0.4 is 10.5 Å². The molecule has 3 N–H and O–H groups in total. The second-order valence-corrected chi connectivity index (χ2v) is 11.4. The average Bonchev–Trinajstić information content (AvgIpc) is 3.38. The Morgan fingerprint density at radius 2 is 2.03 bits per heavy atom. The molecule has 2 aliphatic rings. The molecule has 2 aromatic rings. The van der Waals surface area contributed by atoms with Crippen molar-refractivity contribution < 1.29 is 9.84 Å². The van der Waals surface area contributed by atoms with E-state index in [2.05, 4.69) is 27.7 Å². The van der Waals surface area contributed by atoms with Crippen LogP contribution in [0.15, 0.2) is 24.4 Å². The van der Waals surface area contributed by atoms with Gasteiger partial charge in [-0.2, -0.15) is 11.8 Å². The third-order valence-electron chi connectivity index (χ3n) is 7.95. The molecule has 2 fully saturated rings. The number of piperidine rings is 1. The van der Waals surface area contributed by atoms with Gasteiger partial charge in [0.25, 0.3) is 0 Å². The Morgan fingerprint density at radius 3 is 2.73 bits per heavy atom. The Bertz CT molecular complexity index is 887. The van der Waals surface area contributed by atoms with E-state index in [-0.39, 0.29) is 5.41 Å². The lowest BCUT2D eigenvalue weighted by molar-refractivity contribution is 0.0378. The number of aromatic nitrogens is 1. The minimum Gasteiger partial charge on any atom is -0.497 e. The molecule has 6 heteroatoms. The number of methoxy groups -OCH3 is 1. The minimum atomic E-state index is 0.0680. The summed E-state index contributed by atoms with van der Waals surface area (Å²) in [6.07, 6.45) is 12.9. The number of aryl methyl sites for hydroxylation is 1. The average molecular weight is 472 g/mol. The van der Waals surface area contributed by atoms with Crippen LogP contribution in [0.5, 0.6) is 5.75 Å². The Morgan fingerprint density at radius 1 is 1.24 bits per heavy atom. The van der Waals surface area contributed by atoms with Crippen molar-refractivity contribution in [3.63, 3.8) is 0 Å². The normalized spacial score (nSPS) is 19.4. The molecule has 1 aromatic carbocycles. The van der Waals surface area contributed by atoms with Crippen LogP contribution in [0.2, 0.25) is 0 Å². The highest BCUT2D eigenvalue weighted by Gasteiger charge is 2.33. The maximum atomic E-state index is 10.3. The number of ether oxygens (including phenoxy) is 1. The molecule has 0 spiro atoms. The Labute approximate surface area is 203 Å². The first kappa shape index (κ1) is 24.8. The van der Waals surface area contributed by atoms with Crippen LogP contribution >= 0.6 is 11.8 Å². The van der Waals surface area contributed by atoms with Crippen molar-refractivity contribution in [3.8, 4) is 5.75 Å². The van der Waals surface area contributed by atoms with E-state index in [9.17, 15) is 5.11 Å². The van der Waals surface area contributed by atoms with Gasteiger partial charge in [0.1, 0.15) is 5.75 Å². The quantitative estimate of drug-likeness (QED) is 0.492. The molecule has 2 heterocycles. The first-order valence-electron chi connectivity index (χ1n) is 12.8. The number of rotatable bonds is 11. The lowest BCUT2D eigenvalue weighted by Gasteiger charge is -2.41. The number of nitrogens with two attached hydrogens (primary N) is 1. The van der Waals surface area contributed by atoms with Crippen LogP contribution in [0, 0.1) is 5.41 Å². The van der Waals surface area contributed by atoms with E-state index < -0.39 is 0 Å². The van der Waals surface area contributed by atoms with Gasteiger partial charge in [0.2, 0.25) is 0 Å². The van der Waals surface area contributed by atoms with E-state index in [0.717, 1.165) is 72.7 Å². The number of fused-ring (bicyclic) bond motifs is 1. The number of thioether (sulfide) groups is 1. The van der Waals surface area contributed by atoms with Crippen molar-refractivity contribution in [2.45, 2.75) is 69.6 Å². The molecule has 0 radical (unpaired) electrons. The van der Waals surface area contributed by atoms with Crippen LogP contribution in [0.3, 0.4) is 0 Å². The molecule has 0 amide bonds. The van der Waals surface area contributed by atoms with Crippen molar-refractivity contribution in [1.29, 1.82) is 0 Å². The van der Waals surface area contributed by atoms with E-state index in [1.807, 2.05) is 18.3 Å². The first-order chi connectivity index (χ1) is 16.2. The summed E-state index contributed by atoms with van der Waals surface area (Å²) in [6.45, 7) is 4.23. The molecule has 0 bridgehead atoms. The van der Waals surface area contributed by atoms with E-state index >= 15 is 0 Å². The summed E-state index contributed by atoms with van der Waals surface area (Å²) in [5.74, 6) is 2.11. The number of hydrogen-bond donors (Lipinski definition) is 2. The Balaban J connectivity index is 1.31. The van der Waals surface area contributed by atoms with Gasteiger partial charge in [0, 0.05) is 42.3 Å². The Hall–Kier alpha value is -1.34. The van der Waals surface area contributed by atoms with Gasteiger partial charge in [-0.1, -0.05) is 12.8 Å². The second-order valence-electron chi connectivity index (χ2n) is 9.98. The van der Waals surface area contributed by atoms with Crippen molar-refractivity contribution in [2.75, 3.05) is 39.1 Å². The van der Waals surface area contributed by atoms with Crippen molar-refractivity contribution in [1.82, 2.24) is 9.88 Å². The largest absolute Gasteiger partial charge is 0.497 e. The maximum Gasteiger partial charge on any atom is 0.119 e. The topological polar surface area (TPSA) is 71.6 Å². The van der Waals surface area contributed by atoms with Gasteiger partial charge in [0.15, 0.2) is 0 Å². The highest BCUT2D eigenvalue weighted by Crippen LogP contribution is 2.37. The SMILES string of the molecule is COc1ccc2ncc(CN)c(CCCC3(CO)CCN(CCSC4CCCC4)CC3)c2c1. The van der Waals surface area contributed by atoms with Gasteiger partial charge in [-0.25, -0.2) is 0 Å². The van der Waals surface area contributed by atoms with Crippen LogP contribution in [0.4, 0.5) is 0 Å². The molecule has 1 aliphatic carbocycles. The summed E-state index contributed by atoms with van der Waals surface area (Å²) in [5.41, 5.74) is 9.51. The molecule has 182 valence electrons. The van der Waals surface area contributed by atoms with E-state index in [1.165, 1.54) is 43.5 Å². The van der Waals surface area contributed by atoms with Gasteiger partial charge in [-0.3, -0.25) is 4.98 Å². The summed E-state index contributed by atoms with van der Waals surface area (Å²) < 4.78 is 5.45. The second kappa shape index (κ2) is 11.9. The number of aliphatic hydroxyl groups is 1. The fraction of sp³-hybridized carbons (Fsp3) is 0.667. The number of likely N-dealkylation sites (tertiary alicyclic amines) is 1. The number of aliphatic hydroxyl groups excluding tert-OH is 1. The molecule has 4 rings (SSSR count). The third-order valence-corrected chi connectivity index (χ3v) is 9.31. The van der Waals surface area contributed by atoms with Crippen LogP contribution in [-0.4, -0.2) is 59.3 Å². The highest BCUT2D eigenvalue weighted by molar-refractivity contribution is 7.99. The number of benzene rings is 1. The predicted octanol–water partition coefficient (Wildman–Crippen LogP) is 4.78. The third kappa shape index (κ3) is 6.21. The van der Waals surface area contributed by atoms with E-state index in [4.69, 9.17) is 10.5 Å². The monoisotopic (exact) mass is 471 g/mol. The van der Waals surface area contributed by atoms with Crippen LogP contribution in [0.1, 0.15) is 62.5 Å². The summed E-state index contributed by atoms with van der Waals surface area (Å²) in [5, 5.41) is 12.4. The fourth-order valence-electron chi connectivity index (χ4n) is 5.65. The lowest BCUT2D eigenvalue weighted by Crippen LogP contribution is -2.43. The zero-order valence-corrected chi connectivity index (χ0v) is 21.0. The van der Waals surface area contributed by atoms with E-state index in [1.54, 1.807) is 7.11 Å². The summed E-state index contributed by atoms with van der Waals surface area (Å²) in [7, 11) is 1.70. The maximum absolute atomic E-state index is 10.3. The molecular formula is C27H41N3O2S. The predicted molar refractivity (Wildman–Crippen MR) is 139 cm³/mol. The molecular weight excluding hydrogens is 430 g/mol.